The van der Waals surface area contributed by atoms with Crippen molar-refractivity contribution in [1.29, 1.82) is 0 Å². The minimum absolute atomic E-state index is 0.638. The van der Waals surface area contributed by atoms with Crippen LogP contribution in [0.3, 0.4) is 0 Å². The van der Waals surface area contributed by atoms with Crippen molar-refractivity contribution in [3.63, 3.8) is 0 Å². The largest absolute Gasteiger partial charge is 0.381 e. The second-order valence-electron chi connectivity index (χ2n) is 6.29. The number of hydrogen-bond acceptors (Lipinski definition) is 2. The Hall–Kier alpha value is -0.0800. The van der Waals surface area contributed by atoms with E-state index in [1.54, 1.807) is 0 Å². The first-order valence-electron chi connectivity index (χ1n) is 7.57. The first-order valence-corrected chi connectivity index (χ1v) is 7.57. The molecule has 1 aliphatic heterocycles. The maximum Gasteiger partial charge on any atom is 0.0509 e. The van der Waals surface area contributed by atoms with Gasteiger partial charge < -0.3 is 10.1 Å². The third-order valence-electron chi connectivity index (χ3n) is 4.74. The van der Waals surface area contributed by atoms with Crippen molar-refractivity contribution < 1.29 is 4.74 Å². The number of nitrogens with one attached hydrogen (secondary N) is 1. The van der Waals surface area contributed by atoms with Crippen molar-refractivity contribution in [3.8, 4) is 0 Å². The Morgan fingerprint density at radius 3 is 2.88 bits per heavy atom. The zero-order valence-electron chi connectivity index (χ0n) is 11.6. The molecule has 1 saturated carbocycles. The summed E-state index contributed by atoms with van der Waals surface area (Å²) in [5.74, 6) is 2.70. The Morgan fingerprint density at radius 1 is 1.29 bits per heavy atom. The molecule has 2 fully saturated rings. The highest BCUT2D eigenvalue weighted by molar-refractivity contribution is 4.77. The zero-order chi connectivity index (χ0) is 12.1. The summed E-state index contributed by atoms with van der Waals surface area (Å²) in [4.78, 5) is 0. The van der Waals surface area contributed by atoms with Gasteiger partial charge in [-0.2, -0.15) is 0 Å². The Bertz CT molecular complexity index is 211. The maximum absolute atomic E-state index is 5.45. The van der Waals surface area contributed by atoms with Gasteiger partial charge in [-0.05, 0) is 50.5 Å². The van der Waals surface area contributed by atoms with Crippen molar-refractivity contribution in [3.05, 3.63) is 0 Å². The van der Waals surface area contributed by atoms with Gasteiger partial charge in [0.2, 0.25) is 0 Å². The fraction of sp³-hybridized carbons (Fsp3) is 1.00. The summed E-state index contributed by atoms with van der Waals surface area (Å²) in [6, 6.07) is 0.638. The van der Waals surface area contributed by atoms with E-state index < -0.39 is 0 Å². The quantitative estimate of drug-likeness (QED) is 0.795. The van der Waals surface area contributed by atoms with Gasteiger partial charge in [-0.25, -0.2) is 0 Å². The Kier molecular flexibility index (Phi) is 5.30. The number of ether oxygens (including phenoxy) is 1. The highest BCUT2D eigenvalue weighted by Crippen LogP contribution is 2.30. The van der Waals surface area contributed by atoms with Gasteiger partial charge >= 0.3 is 0 Å². The lowest BCUT2D eigenvalue weighted by Gasteiger charge is -2.27. The molecular formula is C15H29NO. The summed E-state index contributed by atoms with van der Waals surface area (Å²) in [7, 11) is 0. The van der Waals surface area contributed by atoms with Gasteiger partial charge in [0.15, 0.2) is 0 Å². The summed E-state index contributed by atoms with van der Waals surface area (Å²) >= 11 is 0. The summed E-state index contributed by atoms with van der Waals surface area (Å²) in [6.45, 7) is 7.88. The van der Waals surface area contributed by atoms with Gasteiger partial charge in [0.05, 0.1) is 6.61 Å². The average Bonchev–Trinajstić information content (AvgIpc) is 2.82. The van der Waals surface area contributed by atoms with Gasteiger partial charge in [0.1, 0.15) is 0 Å². The minimum atomic E-state index is 0.638. The molecule has 0 spiro atoms. The maximum atomic E-state index is 5.45. The van der Waals surface area contributed by atoms with Crippen LogP contribution in [0.4, 0.5) is 0 Å². The molecular weight excluding hydrogens is 210 g/mol. The predicted molar refractivity (Wildman–Crippen MR) is 72.1 cm³/mol. The van der Waals surface area contributed by atoms with Crippen LogP contribution in [0.25, 0.3) is 0 Å². The molecule has 2 nitrogen and oxygen atoms in total. The smallest absolute Gasteiger partial charge is 0.0509 e. The van der Waals surface area contributed by atoms with Crippen LogP contribution in [-0.4, -0.2) is 25.8 Å². The lowest BCUT2D eigenvalue weighted by atomic mass is 9.81. The lowest BCUT2D eigenvalue weighted by molar-refractivity contribution is 0.177. The van der Waals surface area contributed by atoms with Gasteiger partial charge in [-0.15, -0.1) is 0 Å². The van der Waals surface area contributed by atoms with E-state index in [2.05, 4.69) is 19.2 Å². The molecule has 4 unspecified atom stereocenters. The van der Waals surface area contributed by atoms with Crippen molar-refractivity contribution >= 4 is 0 Å². The highest BCUT2D eigenvalue weighted by Gasteiger charge is 2.22. The molecule has 0 bridgehead atoms. The van der Waals surface area contributed by atoms with Gasteiger partial charge in [0, 0.05) is 12.6 Å². The molecule has 0 aromatic rings. The zero-order valence-corrected chi connectivity index (χ0v) is 11.6. The third-order valence-corrected chi connectivity index (χ3v) is 4.74. The van der Waals surface area contributed by atoms with E-state index in [1.807, 2.05) is 0 Å². The van der Waals surface area contributed by atoms with Crippen LogP contribution in [-0.2, 0) is 4.74 Å². The molecule has 17 heavy (non-hydrogen) atoms. The van der Waals surface area contributed by atoms with Crippen LogP contribution < -0.4 is 5.32 Å². The first kappa shape index (κ1) is 13.4. The molecule has 0 aromatic heterocycles. The standard InChI is InChI=1S/C15H29NO/c1-12-4-3-5-14(10-12)6-8-16-13(2)15-7-9-17-11-15/h12-16H,3-11H2,1-2H3. The van der Waals surface area contributed by atoms with Gasteiger partial charge in [-0.1, -0.05) is 26.2 Å². The highest BCUT2D eigenvalue weighted by atomic mass is 16.5. The van der Waals surface area contributed by atoms with Crippen LogP contribution in [0.15, 0.2) is 0 Å². The summed E-state index contributed by atoms with van der Waals surface area (Å²) in [6.07, 6.45) is 8.46. The van der Waals surface area contributed by atoms with E-state index in [0.29, 0.717) is 6.04 Å². The molecule has 0 radical (unpaired) electrons. The molecule has 1 heterocycles. The Morgan fingerprint density at radius 2 is 2.18 bits per heavy atom. The molecule has 2 heteroatoms. The number of hydrogen-bond donors (Lipinski definition) is 1. The summed E-state index contributed by atoms with van der Waals surface area (Å²) in [5.41, 5.74) is 0. The van der Waals surface area contributed by atoms with Crippen LogP contribution >= 0.6 is 0 Å². The minimum Gasteiger partial charge on any atom is -0.381 e. The van der Waals surface area contributed by atoms with E-state index in [1.165, 1.54) is 45.1 Å². The first-order chi connectivity index (χ1) is 8.25. The van der Waals surface area contributed by atoms with Crippen molar-refractivity contribution in [2.24, 2.45) is 17.8 Å². The van der Waals surface area contributed by atoms with E-state index in [9.17, 15) is 0 Å². The van der Waals surface area contributed by atoms with E-state index in [4.69, 9.17) is 4.74 Å². The van der Waals surface area contributed by atoms with Crippen LogP contribution in [0.1, 0.15) is 52.4 Å². The average molecular weight is 239 g/mol. The topological polar surface area (TPSA) is 21.3 Å². The normalized spacial score (nSPS) is 36.0. The summed E-state index contributed by atoms with van der Waals surface area (Å²) in [5, 5.41) is 3.71. The van der Waals surface area contributed by atoms with E-state index >= 15 is 0 Å². The van der Waals surface area contributed by atoms with Crippen molar-refractivity contribution in [1.82, 2.24) is 5.32 Å². The monoisotopic (exact) mass is 239 g/mol. The molecule has 1 saturated heterocycles. The van der Waals surface area contributed by atoms with Crippen LogP contribution in [0, 0.1) is 17.8 Å². The second kappa shape index (κ2) is 6.75. The summed E-state index contributed by atoms with van der Waals surface area (Å²) < 4.78 is 5.45. The van der Waals surface area contributed by atoms with Crippen molar-refractivity contribution in [2.75, 3.05) is 19.8 Å². The molecule has 0 aromatic carbocycles. The van der Waals surface area contributed by atoms with E-state index in [-0.39, 0.29) is 0 Å². The van der Waals surface area contributed by atoms with Crippen LogP contribution in [0.5, 0.6) is 0 Å². The molecule has 2 aliphatic rings. The predicted octanol–water partition coefficient (Wildman–Crippen LogP) is 3.22. The molecule has 1 N–H and O–H groups in total. The fourth-order valence-electron chi connectivity index (χ4n) is 3.45. The SMILES string of the molecule is CC1CCCC(CCNC(C)C2CCOC2)C1. The Labute approximate surface area is 107 Å². The van der Waals surface area contributed by atoms with E-state index in [0.717, 1.165) is 31.0 Å². The van der Waals surface area contributed by atoms with Gasteiger partial charge in [-0.3, -0.25) is 0 Å². The van der Waals surface area contributed by atoms with Gasteiger partial charge in [0.25, 0.3) is 0 Å². The third kappa shape index (κ3) is 4.26. The fourth-order valence-corrected chi connectivity index (χ4v) is 3.45. The van der Waals surface area contributed by atoms with Crippen LogP contribution in [0.2, 0.25) is 0 Å². The molecule has 2 rings (SSSR count). The Balaban J connectivity index is 1.58. The number of rotatable bonds is 5. The second-order valence-corrected chi connectivity index (χ2v) is 6.29. The molecule has 0 amide bonds. The molecule has 1 aliphatic carbocycles. The lowest BCUT2D eigenvalue weighted by Crippen LogP contribution is -2.35. The molecule has 100 valence electrons. The van der Waals surface area contributed by atoms with Crippen molar-refractivity contribution in [2.45, 2.75) is 58.4 Å². The molecule has 4 atom stereocenters.